The second-order valence-corrected chi connectivity index (χ2v) is 7.42. The van der Waals surface area contributed by atoms with Crippen LogP contribution in [-0.2, 0) is 4.74 Å². The molecule has 2 nitrogen and oxygen atoms in total. The highest BCUT2D eigenvalue weighted by molar-refractivity contribution is 9.10. The van der Waals surface area contributed by atoms with Crippen molar-refractivity contribution in [3.8, 4) is 0 Å². The highest BCUT2D eigenvalue weighted by Gasteiger charge is 2.57. The molecular formula is C16H22BrNO. The number of benzene rings is 1. The summed E-state index contributed by atoms with van der Waals surface area (Å²) in [7, 11) is 0. The van der Waals surface area contributed by atoms with E-state index in [-0.39, 0.29) is 5.41 Å². The average Bonchev–Trinajstić information content (AvgIpc) is 2.37. The van der Waals surface area contributed by atoms with E-state index in [4.69, 9.17) is 4.74 Å². The molecule has 1 aliphatic carbocycles. The zero-order valence-corrected chi connectivity index (χ0v) is 13.5. The Balaban J connectivity index is 1.79. The Morgan fingerprint density at radius 2 is 2.16 bits per heavy atom. The van der Waals surface area contributed by atoms with Gasteiger partial charge in [-0.25, -0.2) is 0 Å². The molecule has 1 saturated heterocycles. The van der Waals surface area contributed by atoms with Crippen LogP contribution >= 0.6 is 15.9 Å². The van der Waals surface area contributed by atoms with Gasteiger partial charge in [0, 0.05) is 34.1 Å². The standard InChI is InChI=1S/C16H22BrNO/c1-10-9-11(17)6-7-13(10)18-14-12-5-4-8-19-15(12)16(14,2)3/h6-7,9,12,14-15,18H,4-5,8H2,1-3H3. The molecule has 3 unspecified atom stereocenters. The monoisotopic (exact) mass is 323 g/mol. The molecule has 19 heavy (non-hydrogen) atoms. The minimum atomic E-state index is 0.227. The second-order valence-electron chi connectivity index (χ2n) is 6.50. The molecule has 1 aromatic carbocycles. The van der Waals surface area contributed by atoms with Crippen molar-refractivity contribution in [3.63, 3.8) is 0 Å². The van der Waals surface area contributed by atoms with Gasteiger partial charge >= 0.3 is 0 Å². The third-order valence-corrected chi connectivity index (χ3v) is 5.32. The Bertz CT molecular complexity index is 486. The van der Waals surface area contributed by atoms with Gasteiger partial charge in [-0.2, -0.15) is 0 Å². The van der Waals surface area contributed by atoms with Crippen LogP contribution in [0.5, 0.6) is 0 Å². The average molecular weight is 324 g/mol. The van der Waals surface area contributed by atoms with Gasteiger partial charge in [0.1, 0.15) is 0 Å². The zero-order chi connectivity index (χ0) is 13.6. The van der Waals surface area contributed by atoms with Crippen LogP contribution in [0.3, 0.4) is 0 Å². The first-order chi connectivity index (χ1) is 9.00. The molecular weight excluding hydrogens is 302 g/mol. The largest absolute Gasteiger partial charge is 0.381 e. The highest BCUT2D eigenvalue weighted by Crippen LogP contribution is 2.52. The SMILES string of the molecule is Cc1cc(Br)ccc1NC1C2CCCOC2C1(C)C. The summed E-state index contributed by atoms with van der Waals surface area (Å²) in [6.45, 7) is 7.75. The quantitative estimate of drug-likeness (QED) is 0.872. The van der Waals surface area contributed by atoms with Crippen LogP contribution in [0, 0.1) is 18.3 Å². The summed E-state index contributed by atoms with van der Waals surface area (Å²) in [4.78, 5) is 0. The molecule has 104 valence electrons. The topological polar surface area (TPSA) is 21.3 Å². The maximum absolute atomic E-state index is 5.96. The lowest BCUT2D eigenvalue weighted by atomic mass is 9.55. The normalized spacial score (nSPS) is 32.3. The number of hydrogen-bond donors (Lipinski definition) is 1. The van der Waals surface area contributed by atoms with Crippen molar-refractivity contribution in [3.05, 3.63) is 28.2 Å². The fourth-order valence-corrected chi connectivity index (χ4v) is 4.25. The van der Waals surface area contributed by atoms with E-state index in [0.717, 1.165) is 11.1 Å². The molecule has 2 fully saturated rings. The fraction of sp³-hybridized carbons (Fsp3) is 0.625. The lowest BCUT2D eigenvalue weighted by Gasteiger charge is -2.60. The summed E-state index contributed by atoms with van der Waals surface area (Å²) in [5, 5.41) is 3.76. The van der Waals surface area contributed by atoms with Gasteiger partial charge in [-0.15, -0.1) is 0 Å². The number of halogens is 1. The fourth-order valence-electron chi connectivity index (χ4n) is 3.77. The smallest absolute Gasteiger partial charge is 0.0693 e. The number of ether oxygens (including phenoxy) is 1. The number of anilines is 1. The molecule has 1 aliphatic heterocycles. The molecule has 3 rings (SSSR count). The molecule has 1 aromatic rings. The predicted molar refractivity (Wildman–Crippen MR) is 82.5 cm³/mol. The Kier molecular flexibility index (Phi) is 3.38. The van der Waals surface area contributed by atoms with E-state index in [1.54, 1.807) is 0 Å². The first-order valence-corrected chi connectivity index (χ1v) is 7.94. The van der Waals surface area contributed by atoms with Crippen molar-refractivity contribution in [1.29, 1.82) is 0 Å². The van der Waals surface area contributed by atoms with Gasteiger partial charge in [-0.05, 0) is 43.5 Å². The van der Waals surface area contributed by atoms with Crippen LogP contribution in [0.4, 0.5) is 5.69 Å². The van der Waals surface area contributed by atoms with Crippen LogP contribution in [0.25, 0.3) is 0 Å². The summed E-state index contributed by atoms with van der Waals surface area (Å²) >= 11 is 3.52. The van der Waals surface area contributed by atoms with Gasteiger partial charge in [0.05, 0.1) is 6.10 Å². The van der Waals surface area contributed by atoms with Crippen molar-refractivity contribution >= 4 is 21.6 Å². The number of fused-ring (bicyclic) bond motifs is 1. The number of nitrogens with one attached hydrogen (secondary N) is 1. The third-order valence-electron chi connectivity index (χ3n) is 4.83. The lowest BCUT2D eigenvalue weighted by molar-refractivity contribution is -0.177. The Labute approximate surface area is 124 Å². The van der Waals surface area contributed by atoms with E-state index in [9.17, 15) is 0 Å². The van der Waals surface area contributed by atoms with Crippen LogP contribution in [0.1, 0.15) is 32.3 Å². The lowest BCUT2D eigenvalue weighted by Crippen LogP contribution is -2.67. The van der Waals surface area contributed by atoms with Crippen LogP contribution in [0.2, 0.25) is 0 Å². The van der Waals surface area contributed by atoms with E-state index in [0.29, 0.717) is 18.1 Å². The van der Waals surface area contributed by atoms with Crippen LogP contribution in [-0.4, -0.2) is 18.8 Å². The molecule has 0 bridgehead atoms. The summed E-state index contributed by atoms with van der Waals surface area (Å²) in [6, 6.07) is 6.98. The molecule has 0 aromatic heterocycles. The molecule has 0 amide bonds. The maximum atomic E-state index is 5.96. The van der Waals surface area contributed by atoms with Gasteiger partial charge < -0.3 is 10.1 Å². The Morgan fingerprint density at radius 3 is 2.89 bits per heavy atom. The zero-order valence-electron chi connectivity index (χ0n) is 11.9. The molecule has 0 radical (unpaired) electrons. The number of hydrogen-bond acceptors (Lipinski definition) is 2. The molecule has 1 N–H and O–H groups in total. The third kappa shape index (κ3) is 2.21. The van der Waals surface area contributed by atoms with E-state index < -0.39 is 0 Å². The van der Waals surface area contributed by atoms with Crippen molar-refractivity contribution in [2.75, 3.05) is 11.9 Å². The van der Waals surface area contributed by atoms with Crippen molar-refractivity contribution in [2.45, 2.75) is 45.8 Å². The van der Waals surface area contributed by atoms with Gasteiger partial charge in [0.15, 0.2) is 0 Å². The molecule has 1 heterocycles. The minimum absolute atomic E-state index is 0.227. The second kappa shape index (κ2) is 4.78. The summed E-state index contributed by atoms with van der Waals surface area (Å²) < 4.78 is 7.10. The van der Waals surface area contributed by atoms with Gasteiger partial charge in [0.25, 0.3) is 0 Å². The van der Waals surface area contributed by atoms with E-state index in [1.807, 2.05) is 0 Å². The van der Waals surface area contributed by atoms with Crippen LogP contribution < -0.4 is 5.32 Å². The number of rotatable bonds is 2. The summed E-state index contributed by atoms with van der Waals surface area (Å²) in [5.41, 5.74) is 2.78. The minimum Gasteiger partial charge on any atom is -0.381 e. The van der Waals surface area contributed by atoms with E-state index >= 15 is 0 Å². The summed E-state index contributed by atoms with van der Waals surface area (Å²) in [5.74, 6) is 0.673. The highest BCUT2D eigenvalue weighted by atomic mass is 79.9. The van der Waals surface area contributed by atoms with Crippen LogP contribution in [0.15, 0.2) is 22.7 Å². The molecule has 2 aliphatic rings. The van der Waals surface area contributed by atoms with Crippen molar-refractivity contribution in [1.82, 2.24) is 0 Å². The molecule has 3 atom stereocenters. The van der Waals surface area contributed by atoms with E-state index in [1.165, 1.54) is 24.1 Å². The molecule has 1 saturated carbocycles. The Morgan fingerprint density at radius 1 is 1.37 bits per heavy atom. The first-order valence-electron chi connectivity index (χ1n) is 7.14. The predicted octanol–water partition coefficient (Wildman–Crippen LogP) is 4.37. The van der Waals surface area contributed by atoms with Crippen molar-refractivity contribution in [2.24, 2.45) is 11.3 Å². The Hall–Kier alpha value is -0.540. The van der Waals surface area contributed by atoms with Gasteiger partial charge in [-0.3, -0.25) is 0 Å². The van der Waals surface area contributed by atoms with E-state index in [2.05, 4.69) is 60.2 Å². The first kappa shape index (κ1) is 13.4. The summed E-state index contributed by atoms with van der Waals surface area (Å²) in [6.07, 6.45) is 2.94. The van der Waals surface area contributed by atoms with Gasteiger partial charge in [0.2, 0.25) is 0 Å². The molecule has 0 spiro atoms. The number of aryl methyl sites for hydroxylation is 1. The van der Waals surface area contributed by atoms with Crippen molar-refractivity contribution < 1.29 is 4.74 Å². The maximum Gasteiger partial charge on any atom is 0.0693 e. The van der Waals surface area contributed by atoms with Gasteiger partial charge in [-0.1, -0.05) is 29.8 Å². The molecule has 3 heteroatoms.